The minimum absolute atomic E-state index is 0.00675. The molecule has 0 saturated heterocycles. The zero-order chi connectivity index (χ0) is 22.6. The molecule has 8 nitrogen and oxygen atoms in total. The van der Waals surface area contributed by atoms with Crippen molar-refractivity contribution in [1.29, 1.82) is 0 Å². The van der Waals surface area contributed by atoms with Gasteiger partial charge in [0.05, 0.1) is 11.2 Å². The fraction of sp³-hybridized carbons (Fsp3) is 0.0870. The van der Waals surface area contributed by atoms with Crippen molar-refractivity contribution in [3.05, 3.63) is 95.8 Å². The van der Waals surface area contributed by atoms with Crippen molar-refractivity contribution in [2.75, 3.05) is 4.72 Å². The molecule has 32 heavy (non-hydrogen) atoms. The molecule has 4 aromatic rings. The van der Waals surface area contributed by atoms with Crippen molar-refractivity contribution >= 4 is 33.5 Å². The number of furan rings is 1. The number of aryl methyl sites for hydroxylation is 1. The third-order valence-electron chi connectivity index (χ3n) is 4.56. The van der Waals surface area contributed by atoms with Crippen LogP contribution in [0.3, 0.4) is 0 Å². The van der Waals surface area contributed by atoms with Crippen molar-refractivity contribution in [1.82, 2.24) is 10.2 Å². The molecule has 9 heteroatoms. The summed E-state index contributed by atoms with van der Waals surface area (Å²) >= 11 is 0. The number of ketones is 1. The first-order valence-electron chi connectivity index (χ1n) is 9.66. The van der Waals surface area contributed by atoms with Gasteiger partial charge in [0.2, 0.25) is 5.89 Å². The van der Waals surface area contributed by atoms with Crippen molar-refractivity contribution in [3.63, 3.8) is 0 Å². The van der Waals surface area contributed by atoms with Gasteiger partial charge in [-0.1, -0.05) is 53.1 Å². The van der Waals surface area contributed by atoms with E-state index in [9.17, 15) is 13.2 Å². The number of benzene rings is 2. The van der Waals surface area contributed by atoms with Gasteiger partial charge < -0.3 is 8.83 Å². The molecule has 0 saturated carbocycles. The van der Waals surface area contributed by atoms with Gasteiger partial charge in [0.1, 0.15) is 5.76 Å². The molecular weight excluding hydrogens is 430 g/mol. The van der Waals surface area contributed by atoms with Crippen molar-refractivity contribution in [2.24, 2.45) is 0 Å². The van der Waals surface area contributed by atoms with Crippen LogP contribution >= 0.6 is 0 Å². The minimum atomic E-state index is -3.91. The highest BCUT2D eigenvalue weighted by Crippen LogP contribution is 2.25. The summed E-state index contributed by atoms with van der Waals surface area (Å²) in [5.74, 6) is 0.330. The number of nitrogens with one attached hydrogen (secondary N) is 1. The van der Waals surface area contributed by atoms with E-state index < -0.39 is 10.0 Å². The molecule has 0 fully saturated rings. The first kappa shape index (κ1) is 21.3. The number of rotatable bonds is 8. The first-order valence-corrected chi connectivity index (χ1v) is 11.1. The molecule has 4 rings (SSSR count). The Morgan fingerprint density at radius 3 is 2.44 bits per heavy atom. The Balaban J connectivity index is 1.60. The van der Waals surface area contributed by atoms with Gasteiger partial charge in [-0.05, 0) is 37.3 Å². The van der Waals surface area contributed by atoms with Crippen molar-refractivity contribution < 1.29 is 22.0 Å². The molecule has 0 bridgehead atoms. The van der Waals surface area contributed by atoms with E-state index in [1.165, 1.54) is 18.4 Å². The molecule has 0 aliphatic carbocycles. The summed E-state index contributed by atoms with van der Waals surface area (Å²) in [6.45, 7) is 1.86. The highest BCUT2D eigenvalue weighted by Gasteiger charge is 2.21. The van der Waals surface area contributed by atoms with Gasteiger partial charge in [-0.25, -0.2) is 13.1 Å². The molecule has 0 aliphatic heterocycles. The second-order valence-corrected chi connectivity index (χ2v) is 8.66. The minimum Gasteiger partial charge on any atom is -0.465 e. The normalized spacial score (nSPS) is 12.0. The highest BCUT2D eigenvalue weighted by atomic mass is 32.2. The number of hydrogen-bond donors (Lipinski definition) is 1. The van der Waals surface area contributed by atoms with E-state index >= 15 is 0 Å². The second kappa shape index (κ2) is 9.03. The fourth-order valence-electron chi connectivity index (χ4n) is 2.92. The summed E-state index contributed by atoms with van der Waals surface area (Å²) < 4.78 is 38.3. The lowest BCUT2D eigenvalue weighted by Gasteiger charge is -2.05. The van der Waals surface area contributed by atoms with Gasteiger partial charge in [0.15, 0.2) is 5.78 Å². The molecule has 162 valence electrons. The summed E-state index contributed by atoms with van der Waals surface area (Å²) in [7, 11) is -3.91. The molecule has 0 aliphatic rings. The van der Waals surface area contributed by atoms with Crippen LogP contribution in [-0.4, -0.2) is 24.4 Å². The Morgan fingerprint density at radius 1 is 1.00 bits per heavy atom. The average Bonchev–Trinajstić information content (AvgIpc) is 3.46. The van der Waals surface area contributed by atoms with Crippen LogP contribution in [0.4, 0.5) is 6.01 Å². The predicted octanol–water partition coefficient (Wildman–Crippen LogP) is 4.59. The van der Waals surface area contributed by atoms with Crippen LogP contribution in [0.2, 0.25) is 0 Å². The number of aromatic nitrogens is 2. The maximum Gasteiger partial charge on any atom is 0.330 e. The monoisotopic (exact) mass is 449 g/mol. The van der Waals surface area contributed by atoms with E-state index in [-0.39, 0.29) is 29.0 Å². The number of hydrogen-bond acceptors (Lipinski definition) is 7. The number of nitrogens with zero attached hydrogens (tertiary/aromatic N) is 2. The number of allylic oxidation sites excluding steroid dienone is 1. The zero-order valence-electron chi connectivity index (χ0n) is 17.1. The van der Waals surface area contributed by atoms with Gasteiger partial charge in [-0.2, -0.15) is 0 Å². The van der Waals surface area contributed by atoms with Gasteiger partial charge in [0.25, 0.3) is 10.0 Å². The molecule has 0 unspecified atom stereocenters. The summed E-state index contributed by atoms with van der Waals surface area (Å²) in [6, 6.07) is 18.2. The molecule has 0 spiro atoms. The molecular formula is C23H19N3O5S. The van der Waals surface area contributed by atoms with Crippen molar-refractivity contribution in [3.8, 4) is 0 Å². The standard InChI is InChI=1S/C23H19N3O5S/c1-16-9-11-20(12-10-16)32(28,29)26-23-25-24-22(31-23)18(14-19-8-5-13-30-19)15-21(27)17-6-3-2-4-7-17/h2-14H,15H2,1H3,(H,25,26)/b18-14+. The van der Waals surface area contributed by atoms with Crippen LogP contribution in [0, 0.1) is 6.92 Å². The fourth-order valence-corrected chi connectivity index (χ4v) is 3.84. The van der Waals surface area contributed by atoms with Gasteiger partial charge in [-0.3, -0.25) is 4.79 Å². The van der Waals surface area contributed by atoms with Crippen LogP contribution in [0.15, 0.2) is 86.7 Å². The molecule has 2 heterocycles. The Labute approximate surface area is 184 Å². The van der Waals surface area contributed by atoms with Crippen LogP contribution in [0.5, 0.6) is 0 Å². The second-order valence-electron chi connectivity index (χ2n) is 6.98. The van der Waals surface area contributed by atoms with E-state index in [1.807, 2.05) is 13.0 Å². The number of carbonyl (C=O) groups excluding carboxylic acids is 1. The van der Waals surface area contributed by atoms with E-state index in [1.54, 1.807) is 54.6 Å². The highest BCUT2D eigenvalue weighted by molar-refractivity contribution is 7.92. The third kappa shape index (κ3) is 5.01. The Morgan fingerprint density at radius 2 is 1.75 bits per heavy atom. The zero-order valence-corrected chi connectivity index (χ0v) is 17.9. The SMILES string of the molecule is Cc1ccc(S(=O)(=O)Nc2nnc(/C(=C/c3ccco3)CC(=O)c3ccccc3)o2)cc1. The number of anilines is 1. The molecule has 2 aromatic heterocycles. The van der Waals surface area contributed by atoms with E-state index in [4.69, 9.17) is 8.83 Å². The molecule has 2 aromatic carbocycles. The Kier molecular flexibility index (Phi) is 6.00. The van der Waals surface area contributed by atoms with Crippen LogP contribution < -0.4 is 4.72 Å². The molecule has 1 N–H and O–H groups in total. The van der Waals surface area contributed by atoms with Gasteiger partial charge in [-0.15, -0.1) is 5.10 Å². The number of carbonyl (C=O) groups is 1. The molecule has 0 amide bonds. The smallest absolute Gasteiger partial charge is 0.330 e. The summed E-state index contributed by atoms with van der Waals surface area (Å²) in [4.78, 5) is 12.8. The Hall–Kier alpha value is -3.98. The van der Waals surface area contributed by atoms with E-state index in [2.05, 4.69) is 14.9 Å². The quantitative estimate of drug-likeness (QED) is 0.391. The maximum atomic E-state index is 12.7. The lowest BCUT2D eigenvalue weighted by atomic mass is 10.0. The molecule has 0 radical (unpaired) electrons. The Bertz CT molecular complexity index is 1340. The predicted molar refractivity (Wildman–Crippen MR) is 118 cm³/mol. The summed E-state index contributed by atoms with van der Waals surface area (Å²) in [5.41, 5.74) is 1.85. The average molecular weight is 449 g/mol. The summed E-state index contributed by atoms with van der Waals surface area (Å²) in [6.07, 6.45) is 3.06. The molecule has 0 atom stereocenters. The van der Waals surface area contributed by atoms with Crippen LogP contribution in [0.25, 0.3) is 11.6 Å². The van der Waals surface area contributed by atoms with Gasteiger partial charge >= 0.3 is 6.01 Å². The van der Waals surface area contributed by atoms with E-state index in [0.29, 0.717) is 16.9 Å². The van der Waals surface area contributed by atoms with Gasteiger partial charge in [0, 0.05) is 17.6 Å². The van der Waals surface area contributed by atoms with Crippen LogP contribution in [0.1, 0.15) is 34.0 Å². The van der Waals surface area contributed by atoms with E-state index in [0.717, 1.165) is 5.56 Å². The number of Topliss-reactive ketones (excluding diaryl/α,β-unsaturated/α-hetero) is 1. The largest absolute Gasteiger partial charge is 0.465 e. The topological polar surface area (TPSA) is 115 Å². The summed E-state index contributed by atoms with van der Waals surface area (Å²) in [5, 5.41) is 7.71. The van der Waals surface area contributed by atoms with Crippen molar-refractivity contribution in [2.45, 2.75) is 18.2 Å². The maximum absolute atomic E-state index is 12.7. The number of sulfonamides is 1. The lowest BCUT2D eigenvalue weighted by molar-refractivity contribution is 0.0998. The third-order valence-corrected chi connectivity index (χ3v) is 5.90. The first-order chi connectivity index (χ1) is 15.4. The lowest BCUT2D eigenvalue weighted by Crippen LogP contribution is -2.13. The van der Waals surface area contributed by atoms with Crippen LogP contribution in [-0.2, 0) is 10.0 Å².